The first-order valence-electron chi connectivity index (χ1n) is 4.79. The molecule has 90 valence electrons. The van der Waals surface area contributed by atoms with E-state index in [-0.39, 0.29) is 11.1 Å². The van der Waals surface area contributed by atoms with Gasteiger partial charge in [0.15, 0.2) is 0 Å². The number of aliphatic carboxylic acids is 2. The molecule has 0 aromatic carbocycles. The molecule has 5 heteroatoms. The van der Waals surface area contributed by atoms with E-state index in [0.717, 1.165) is 0 Å². The van der Waals surface area contributed by atoms with Gasteiger partial charge < -0.3 is 24.2 Å². The number of carbonyl (C=O) groups excluding carboxylic acids is 2. The number of carbonyl (C=O) groups is 2. The summed E-state index contributed by atoms with van der Waals surface area (Å²) in [4.78, 5) is 21.2. The molecule has 0 bridgehead atoms. The Morgan fingerprint density at radius 3 is 2.35 bits per heavy atom. The number of rotatable bonds is 4. The summed E-state index contributed by atoms with van der Waals surface area (Å²) in [6.45, 7) is 3.05. The van der Waals surface area contributed by atoms with Crippen LogP contribution in [0.2, 0.25) is 0 Å². The van der Waals surface area contributed by atoms with Crippen molar-refractivity contribution in [2.75, 3.05) is 0 Å². The van der Waals surface area contributed by atoms with Gasteiger partial charge in [-0.25, -0.2) is 0 Å². The maximum Gasteiger partial charge on any atom is 0.127 e. The fraction of sp³-hybridized carbons (Fsp3) is 0.167. The highest BCUT2D eigenvalue weighted by Crippen LogP contribution is 2.16. The molecule has 0 aliphatic carbocycles. The van der Waals surface area contributed by atoms with Crippen LogP contribution in [-0.2, 0) is 9.59 Å². The van der Waals surface area contributed by atoms with Gasteiger partial charge in [0.05, 0.1) is 11.9 Å². The molecule has 1 aromatic rings. The van der Waals surface area contributed by atoms with Crippen molar-refractivity contribution < 1.29 is 24.2 Å². The zero-order valence-electron chi connectivity index (χ0n) is 9.35. The van der Waals surface area contributed by atoms with Gasteiger partial charge in [-0.2, -0.15) is 0 Å². The molecule has 1 rings (SSSR count). The fourth-order valence-corrected chi connectivity index (χ4v) is 1.26. The molecule has 0 spiro atoms. The van der Waals surface area contributed by atoms with Crippen molar-refractivity contribution in [3.05, 3.63) is 40.9 Å². The summed E-state index contributed by atoms with van der Waals surface area (Å²) in [6.07, 6.45) is 1.90. The van der Waals surface area contributed by atoms with E-state index in [9.17, 15) is 19.8 Å². The van der Waals surface area contributed by atoms with Crippen molar-refractivity contribution in [1.29, 1.82) is 0 Å². The lowest BCUT2D eigenvalue weighted by molar-refractivity contribution is -0.298. The largest absolute Gasteiger partial charge is 0.545 e. The van der Waals surface area contributed by atoms with Crippen LogP contribution in [0, 0.1) is 6.92 Å². The van der Waals surface area contributed by atoms with Crippen LogP contribution in [0.1, 0.15) is 18.4 Å². The van der Waals surface area contributed by atoms with Crippen molar-refractivity contribution in [1.82, 2.24) is 0 Å². The standard InChI is InChI=1S/C12H12O5/c1-7(5-11(13)14)10(12(15)16)6-9-4-3-8(2)17-9/h3-6H,1-2H3,(H,13,14)(H,15,16)/p-2/b7-5-,10-6+. The number of carboxylic acids is 2. The highest BCUT2D eigenvalue weighted by Gasteiger charge is 2.04. The van der Waals surface area contributed by atoms with E-state index in [1.807, 2.05) is 0 Å². The second kappa shape index (κ2) is 5.16. The first-order valence-corrected chi connectivity index (χ1v) is 4.79. The minimum atomic E-state index is -1.48. The van der Waals surface area contributed by atoms with E-state index in [2.05, 4.69) is 0 Å². The van der Waals surface area contributed by atoms with Crippen LogP contribution in [0.5, 0.6) is 0 Å². The second-order valence-electron chi connectivity index (χ2n) is 3.44. The maximum absolute atomic E-state index is 10.9. The lowest BCUT2D eigenvalue weighted by Crippen LogP contribution is -2.26. The Morgan fingerprint density at radius 2 is 1.94 bits per heavy atom. The number of carboxylic acid groups (broad SMARTS) is 2. The van der Waals surface area contributed by atoms with Crippen molar-refractivity contribution in [2.24, 2.45) is 0 Å². The molecule has 0 N–H and O–H groups in total. The quantitative estimate of drug-likeness (QED) is 0.513. The van der Waals surface area contributed by atoms with Crippen molar-refractivity contribution in [3.63, 3.8) is 0 Å². The van der Waals surface area contributed by atoms with Gasteiger partial charge in [-0.05, 0) is 43.7 Å². The average Bonchev–Trinajstić information content (AvgIpc) is 2.58. The van der Waals surface area contributed by atoms with E-state index in [0.29, 0.717) is 17.6 Å². The van der Waals surface area contributed by atoms with Gasteiger partial charge in [0.25, 0.3) is 0 Å². The van der Waals surface area contributed by atoms with E-state index < -0.39 is 11.9 Å². The first kappa shape index (κ1) is 12.8. The molecule has 0 saturated carbocycles. The zero-order valence-corrected chi connectivity index (χ0v) is 9.35. The average molecular weight is 234 g/mol. The molecule has 0 radical (unpaired) electrons. The summed E-state index contributed by atoms with van der Waals surface area (Å²) < 4.78 is 5.16. The van der Waals surface area contributed by atoms with Crippen LogP contribution in [0.3, 0.4) is 0 Å². The molecular formula is C12H10O5-2. The highest BCUT2D eigenvalue weighted by atomic mass is 16.4. The highest BCUT2D eigenvalue weighted by molar-refractivity contribution is 5.97. The van der Waals surface area contributed by atoms with Crippen molar-refractivity contribution in [2.45, 2.75) is 13.8 Å². The molecule has 0 atom stereocenters. The molecule has 17 heavy (non-hydrogen) atoms. The van der Waals surface area contributed by atoms with Crippen LogP contribution < -0.4 is 10.2 Å². The number of aryl methyl sites for hydroxylation is 1. The topological polar surface area (TPSA) is 93.4 Å². The first-order chi connectivity index (χ1) is 7.90. The van der Waals surface area contributed by atoms with Gasteiger partial charge in [-0.15, -0.1) is 0 Å². The predicted molar refractivity (Wildman–Crippen MR) is 55.2 cm³/mol. The molecule has 0 saturated heterocycles. The van der Waals surface area contributed by atoms with Crippen LogP contribution in [0.15, 0.2) is 33.8 Å². The van der Waals surface area contributed by atoms with Crippen LogP contribution >= 0.6 is 0 Å². The van der Waals surface area contributed by atoms with E-state index in [1.54, 1.807) is 19.1 Å². The van der Waals surface area contributed by atoms with Crippen LogP contribution in [0.25, 0.3) is 6.08 Å². The Hall–Kier alpha value is -2.30. The molecule has 1 heterocycles. The molecular weight excluding hydrogens is 224 g/mol. The molecule has 5 nitrogen and oxygen atoms in total. The van der Waals surface area contributed by atoms with Crippen molar-refractivity contribution >= 4 is 18.0 Å². The third-order valence-corrected chi connectivity index (χ3v) is 2.03. The van der Waals surface area contributed by atoms with Gasteiger partial charge >= 0.3 is 0 Å². The Morgan fingerprint density at radius 1 is 1.29 bits per heavy atom. The van der Waals surface area contributed by atoms with Gasteiger partial charge in [0.1, 0.15) is 11.5 Å². The van der Waals surface area contributed by atoms with E-state index >= 15 is 0 Å². The normalized spacial score (nSPS) is 12.6. The minimum Gasteiger partial charge on any atom is -0.545 e. The Labute approximate surface area is 97.7 Å². The van der Waals surface area contributed by atoms with Gasteiger partial charge in [-0.3, -0.25) is 0 Å². The Bertz CT molecular complexity index is 505. The van der Waals surface area contributed by atoms with Gasteiger partial charge in [0.2, 0.25) is 0 Å². The number of hydrogen-bond donors (Lipinski definition) is 0. The van der Waals surface area contributed by atoms with Crippen LogP contribution in [-0.4, -0.2) is 11.9 Å². The lowest BCUT2D eigenvalue weighted by atomic mass is 10.1. The van der Waals surface area contributed by atoms with Crippen molar-refractivity contribution in [3.8, 4) is 0 Å². The molecule has 0 fully saturated rings. The third-order valence-electron chi connectivity index (χ3n) is 2.03. The predicted octanol–water partition coefficient (Wildman–Crippen LogP) is -0.582. The lowest BCUT2D eigenvalue weighted by Gasteiger charge is -2.09. The smallest absolute Gasteiger partial charge is 0.127 e. The molecule has 0 amide bonds. The summed E-state index contributed by atoms with van der Waals surface area (Å²) in [5.41, 5.74) is -0.234. The maximum atomic E-state index is 10.9. The monoisotopic (exact) mass is 234 g/mol. The summed E-state index contributed by atoms with van der Waals surface area (Å²) >= 11 is 0. The van der Waals surface area contributed by atoms with E-state index in [4.69, 9.17) is 4.42 Å². The molecule has 0 aliphatic rings. The zero-order chi connectivity index (χ0) is 13.0. The molecule has 0 aliphatic heterocycles. The number of furan rings is 1. The minimum absolute atomic E-state index is 0.0269. The van der Waals surface area contributed by atoms with Gasteiger partial charge in [-0.1, -0.05) is 0 Å². The third kappa shape index (κ3) is 3.64. The Kier molecular flexibility index (Phi) is 3.87. The summed E-state index contributed by atoms with van der Waals surface area (Å²) in [5.74, 6) is -2.01. The number of hydrogen-bond acceptors (Lipinski definition) is 5. The Balaban J connectivity index is 3.14. The van der Waals surface area contributed by atoms with Crippen LogP contribution in [0.4, 0.5) is 0 Å². The molecule has 1 aromatic heterocycles. The summed E-state index contributed by atoms with van der Waals surface area (Å²) in [6, 6.07) is 3.24. The van der Waals surface area contributed by atoms with E-state index in [1.165, 1.54) is 13.0 Å². The SMILES string of the molecule is CC(=C/C(=O)[O-])/C(=C\c1ccc(C)o1)C(=O)[O-]. The molecule has 0 unspecified atom stereocenters. The second-order valence-corrected chi connectivity index (χ2v) is 3.44. The van der Waals surface area contributed by atoms with Gasteiger partial charge in [0, 0.05) is 5.57 Å². The summed E-state index contributed by atoms with van der Waals surface area (Å²) in [7, 11) is 0. The fourth-order valence-electron chi connectivity index (χ4n) is 1.26. The summed E-state index contributed by atoms with van der Waals surface area (Å²) in [5, 5.41) is 21.2.